The summed E-state index contributed by atoms with van der Waals surface area (Å²) in [6.45, 7) is 4.85. The predicted octanol–water partition coefficient (Wildman–Crippen LogP) is 3.81. The Kier molecular flexibility index (Phi) is 6.52. The number of hydrogen-bond donors (Lipinski definition) is 1. The summed E-state index contributed by atoms with van der Waals surface area (Å²) in [4.78, 5) is 28.7. The van der Waals surface area contributed by atoms with Gasteiger partial charge in [0.05, 0.1) is 6.54 Å². The summed E-state index contributed by atoms with van der Waals surface area (Å²) in [6, 6.07) is 12.7. The van der Waals surface area contributed by atoms with E-state index in [1.54, 1.807) is 24.3 Å². The van der Waals surface area contributed by atoms with Gasteiger partial charge in [0.15, 0.2) is 0 Å². The quantitative estimate of drug-likeness (QED) is 0.771. The molecular formula is C20H21BrClN3O2. The second kappa shape index (κ2) is 8.87. The lowest BCUT2D eigenvalue weighted by Gasteiger charge is -2.34. The van der Waals surface area contributed by atoms with Crippen LogP contribution in [0.4, 0.5) is 5.69 Å². The number of aryl methyl sites for hydroxylation is 1. The van der Waals surface area contributed by atoms with E-state index in [9.17, 15) is 9.59 Å². The van der Waals surface area contributed by atoms with Gasteiger partial charge in [0, 0.05) is 46.9 Å². The average Bonchev–Trinajstić information content (AvgIpc) is 2.65. The van der Waals surface area contributed by atoms with Gasteiger partial charge in [0.25, 0.3) is 5.91 Å². The molecule has 142 valence electrons. The van der Waals surface area contributed by atoms with E-state index in [0.717, 1.165) is 15.7 Å². The Morgan fingerprint density at radius 2 is 1.74 bits per heavy atom. The van der Waals surface area contributed by atoms with Crippen molar-refractivity contribution < 1.29 is 9.59 Å². The molecule has 2 aromatic carbocycles. The molecule has 0 radical (unpaired) electrons. The monoisotopic (exact) mass is 449 g/mol. The number of amides is 2. The molecule has 1 heterocycles. The summed E-state index contributed by atoms with van der Waals surface area (Å²) in [6.07, 6.45) is 0. The predicted molar refractivity (Wildman–Crippen MR) is 111 cm³/mol. The molecule has 5 nitrogen and oxygen atoms in total. The van der Waals surface area contributed by atoms with Crippen LogP contribution in [0.3, 0.4) is 0 Å². The van der Waals surface area contributed by atoms with E-state index in [-0.39, 0.29) is 11.8 Å². The van der Waals surface area contributed by atoms with E-state index in [1.807, 2.05) is 30.0 Å². The number of carbonyl (C=O) groups excluding carboxylic acids is 2. The van der Waals surface area contributed by atoms with Gasteiger partial charge >= 0.3 is 0 Å². The highest BCUT2D eigenvalue weighted by Crippen LogP contribution is 2.20. The largest absolute Gasteiger partial charge is 0.336 e. The molecule has 1 aliphatic heterocycles. The van der Waals surface area contributed by atoms with Crippen LogP contribution in [0.15, 0.2) is 46.9 Å². The zero-order valence-electron chi connectivity index (χ0n) is 15.0. The van der Waals surface area contributed by atoms with Crippen molar-refractivity contribution in [2.45, 2.75) is 6.92 Å². The van der Waals surface area contributed by atoms with Gasteiger partial charge in [-0.1, -0.05) is 27.5 Å². The van der Waals surface area contributed by atoms with Crippen LogP contribution in [-0.4, -0.2) is 54.3 Å². The Morgan fingerprint density at radius 1 is 1.07 bits per heavy atom. The number of piperazine rings is 1. The number of rotatable bonds is 4. The first-order valence-corrected chi connectivity index (χ1v) is 9.92. The third-order valence-corrected chi connectivity index (χ3v) is 5.70. The fraction of sp³-hybridized carbons (Fsp3) is 0.300. The molecule has 0 unspecified atom stereocenters. The van der Waals surface area contributed by atoms with Crippen LogP contribution < -0.4 is 5.32 Å². The van der Waals surface area contributed by atoms with Gasteiger partial charge in [-0.15, -0.1) is 0 Å². The van der Waals surface area contributed by atoms with Crippen LogP contribution in [0.2, 0.25) is 5.02 Å². The highest BCUT2D eigenvalue weighted by atomic mass is 79.9. The fourth-order valence-corrected chi connectivity index (χ4v) is 3.38. The Balaban J connectivity index is 1.48. The Bertz CT molecular complexity index is 834. The van der Waals surface area contributed by atoms with Crippen LogP contribution in [0.5, 0.6) is 0 Å². The van der Waals surface area contributed by atoms with Crippen molar-refractivity contribution in [3.63, 3.8) is 0 Å². The Hall–Kier alpha value is -1.89. The maximum atomic E-state index is 12.5. The molecular weight excluding hydrogens is 430 g/mol. The van der Waals surface area contributed by atoms with E-state index in [0.29, 0.717) is 43.3 Å². The van der Waals surface area contributed by atoms with Crippen molar-refractivity contribution >= 4 is 45.0 Å². The van der Waals surface area contributed by atoms with E-state index >= 15 is 0 Å². The second-order valence-electron chi connectivity index (χ2n) is 6.59. The minimum absolute atomic E-state index is 0.00102. The standard InChI is InChI=1S/C20H21BrClN3O2/c1-14-12-17(6-7-18(14)21)23-19(26)13-24-8-10-25(11-9-24)20(27)15-2-4-16(22)5-3-15/h2-7,12H,8-11,13H2,1H3,(H,23,26). The van der Waals surface area contributed by atoms with Crippen molar-refractivity contribution in [2.24, 2.45) is 0 Å². The molecule has 2 aromatic rings. The number of nitrogens with one attached hydrogen (secondary N) is 1. The lowest BCUT2D eigenvalue weighted by Crippen LogP contribution is -2.50. The zero-order valence-corrected chi connectivity index (χ0v) is 17.4. The zero-order chi connectivity index (χ0) is 19.4. The van der Waals surface area contributed by atoms with Crippen LogP contribution in [0.1, 0.15) is 15.9 Å². The number of carbonyl (C=O) groups is 2. The molecule has 7 heteroatoms. The lowest BCUT2D eigenvalue weighted by molar-refractivity contribution is -0.117. The van der Waals surface area contributed by atoms with E-state index in [2.05, 4.69) is 26.1 Å². The minimum Gasteiger partial charge on any atom is -0.336 e. The van der Waals surface area contributed by atoms with Crippen molar-refractivity contribution in [3.8, 4) is 0 Å². The fourth-order valence-electron chi connectivity index (χ4n) is 3.01. The number of halogens is 2. The topological polar surface area (TPSA) is 52.7 Å². The number of hydrogen-bond acceptors (Lipinski definition) is 3. The highest BCUT2D eigenvalue weighted by Gasteiger charge is 2.23. The molecule has 0 atom stereocenters. The average molecular weight is 451 g/mol. The summed E-state index contributed by atoms with van der Waals surface area (Å²) in [5.41, 5.74) is 2.50. The molecule has 2 amide bonds. The first-order valence-electron chi connectivity index (χ1n) is 8.75. The van der Waals surface area contributed by atoms with Gasteiger partial charge in [0.1, 0.15) is 0 Å². The smallest absolute Gasteiger partial charge is 0.253 e. The molecule has 0 aromatic heterocycles. The molecule has 3 rings (SSSR count). The molecule has 27 heavy (non-hydrogen) atoms. The summed E-state index contributed by atoms with van der Waals surface area (Å²) < 4.78 is 1.02. The number of anilines is 1. The summed E-state index contributed by atoms with van der Waals surface area (Å²) in [5.74, 6) is -0.0460. The molecule has 0 aliphatic carbocycles. The Morgan fingerprint density at radius 3 is 2.37 bits per heavy atom. The lowest BCUT2D eigenvalue weighted by atomic mass is 10.2. The van der Waals surface area contributed by atoms with Crippen molar-refractivity contribution in [3.05, 3.63) is 63.1 Å². The van der Waals surface area contributed by atoms with Gasteiger partial charge in [-0.3, -0.25) is 14.5 Å². The third-order valence-electron chi connectivity index (χ3n) is 4.56. The van der Waals surface area contributed by atoms with Gasteiger partial charge in [0.2, 0.25) is 5.91 Å². The SMILES string of the molecule is Cc1cc(NC(=O)CN2CCN(C(=O)c3ccc(Cl)cc3)CC2)ccc1Br. The normalized spacial score (nSPS) is 14.9. The molecule has 1 saturated heterocycles. The summed E-state index contributed by atoms with van der Waals surface area (Å²) in [5, 5.41) is 3.54. The first-order chi connectivity index (χ1) is 12.9. The molecule has 0 spiro atoms. The van der Waals surface area contributed by atoms with Crippen LogP contribution in [0, 0.1) is 6.92 Å². The minimum atomic E-state index is -0.0470. The number of benzene rings is 2. The third kappa shape index (κ3) is 5.31. The maximum Gasteiger partial charge on any atom is 0.253 e. The van der Waals surface area contributed by atoms with Crippen LogP contribution in [0.25, 0.3) is 0 Å². The van der Waals surface area contributed by atoms with Crippen LogP contribution >= 0.6 is 27.5 Å². The van der Waals surface area contributed by atoms with Gasteiger partial charge < -0.3 is 10.2 Å². The molecule has 1 aliphatic rings. The highest BCUT2D eigenvalue weighted by molar-refractivity contribution is 9.10. The van der Waals surface area contributed by atoms with Gasteiger partial charge in [-0.25, -0.2) is 0 Å². The second-order valence-corrected chi connectivity index (χ2v) is 7.88. The Labute approximate surface area is 172 Å². The summed E-state index contributed by atoms with van der Waals surface area (Å²) in [7, 11) is 0. The van der Waals surface area contributed by atoms with E-state index < -0.39 is 0 Å². The molecule has 1 N–H and O–H groups in total. The number of nitrogens with zero attached hydrogens (tertiary/aromatic N) is 2. The van der Waals surface area contributed by atoms with Crippen molar-refractivity contribution in [1.29, 1.82) is 0 Å². The van der Waals surface area contributed by atoms with E-state index in [4.69, 9.17) is 11.6 Å². The molecule has 0 saturated carbocycles. The molecule has 0 bridgehead atoms. The van der Waals surface area contributed by atoms with Crippen molar-refractivity contribution in [1.82, 2.24) is 9.80 Å². The summed E-state index contributed by atoms with van der Waals surface area (Å²) >= 11 is 9.33. The van der Waals surface area contributed by atoms with Crippen LogP contribution in [-0.2, 0) is 4.79 Å². The van der Waals surface area contributed by atoms with Gasteiger partial charge in [-0.05, 0) is 55.0 Å². The molecule has 1 fully saturated rings. The van der Waals surface area contributed by atoms with Gasteiger partial charge in [-0.2, -0.15) is 0 Å². The van der Waals surface area contributed by atoms with Crippen molar-refractivity contribution in [2.75, 3.05) is 38.0 Å². The maximum absolute atomic E-state index is 12.5. The first kappa shape index (κ1) is 19.9. The van der Waals surface area contributed by atoms with E-state index in [1.165, 1.54) is 0 Å².